The molecule has 5 heteroatoms. The van der Waals surface area contributed by atoms with Gasteiger partial charge in [0.25, 0.3) is 5.91 Å². The van der Waals surface area contributed by atoms with E-state index < -0.39 is 0 Å². The monoisotopic (exact) mass is 353 g/mol. The van der Waals surface area contributed by atoms with Crippen LogP contribution in [0.5, 0.6) is 5.75 Å². The number of aryl methyl sites for hydroxylation is 1. The van der Waals surface area contributed by atoms with Gasteiger partial charge in [-0.1, -0.05) is 0 Å². The molecule has 1 aliphatic heterocycles. The van der Waals surface area contributed by atoms with Crippen molar-refractivity contribution >= 4 is 23.0 Å². The lowest BCUT2D eigenvalue weighted by Crippen LogP contribution is -2.37. The number of anilines is 3. The number of rotatable bonds is 4. The van der Waals surface area contributed by atoms with E-state index in [1.165, 1.54) is 19.3 Å². The van der Waals surface area contributed by atoms with Gasteiger partial charge in [0.05, 0.1) is 18.5 Å². The van der Waals surface area contributed by atoms with Crippen molar-refractivity contribution in [1.29, 1.82) is 0 Å². The van der Waals surface area contributed by atoms with Crippen molar-refractivity contribution in [2.24, 2.45) is 0 Å². The largest absolute Gasteiger partial charge is 0.497 e. The molecule has 0 aliphatic carbocycles. The molecular formula is C21H27N3O2. The summed E-state index contributed by atoms with van der Waals surface area (Å²) in [5.74, 6) is 0.540. The number of nitrogens with one attached hydrogen (secondary N) is 1. The molecule has 26 heavy (non-hydrogen) atoms. The van der Waals surface area contributed by atoms with Gasteiger partial charge in [-0.3, -0.25) is 4.79 Å². The van der Waals surface area contributed by atoms with Crippen molar-refractivity contribution in [3.05, 3.63) is 47.5 Å². The predicted molar refractivity (Wildman–Crippen MR) is 107 cm³/mol. The van der Waals surface area contributed by atoms with E-state index in [-0.39, 0.29) is 5.91 Å². The molecule has 1 heterocycles. The highest BCUT2D eigenvalue weighted by Gasteiger charge is 2.21. The Bertz CT molecular complexity index is 787. The standard InChI is InChI=1S/C21H27N3O2/c1-14-12-18(22)19(13-20(14)24-11-5-4-6-15(24)2)23-21(25)16-7-9-17(26-3)10-8-16/h7-10,12-13,15H,4-6,11,22H2,1-3H3,(H,23,25)/t15-/m0/s1. The molecule has 0 unspecified atom stereocenters. The number of carbonyl (C=O) groups is 1. The van der Waals surface area contributed by atoms with Crippen molar-refractivity contribution in [1.82, 2.24) is 0 Å². The van der Waals surface area contributed by atoms with Crippen LogP contribution in [-0.4, -0.2) is 25.6 Å². The van der Waals surface area contributed by atoms with E-state index in [0.717, 1.165) is 23.5 Å². The minimum Gasteiger partial charge on any atom is -0.497 e. The summed E-state index contributed by atoms with van der Waals surface area (Å²) in [6.07, 6.45) is 3.66. The van der Waals surface area contributed by atoms with Gasteiger partial charge >= 0.3 is 0 Å². The lowest BCUT2D eigenvalue weighted by Gasteiger charge is -2.36. The first-order valence-corrected chi connectivity index (χ1v) is 9.11. The average molecular weight is 353 g/mol. The van der Waals surface area contributed by atoms with Crippen LogP contribution in [0, 0.1) is 6.92 Å². The maximum absolute atomic E-state index is 12.6. The van der Waals surface area contributed by atoms with Crippen molar-refractivity contribution in [3.63, 3.8) is 0 Å². The number of piperidine rings is 1. The van der Waals surface area contributed by atoms with Crippen LogP contribution >= 0.6 is 0 Å². The Hall–Kier alpha value is -2.69. The molecule has 2 aromatic rings. The average Bonchev–Trinajstić information content (AvgIpc) is 2.64. The molecule has 1 aliphatic rings. The van der Waals surface area contributed by atoms with Crippen LogP contribution in [0.4, 0.5) is 17.1 Å². The SMILES string of the molecule is COc1ccc(C(=O)Nc2cc(N3CCCC[C@@H]3C)c(C)cc2N)cc1. The molecule has 1 saturated heterocycles. The molecule has 5 nitrogen and oxygen atoms in total. The van der Waals surface area contributed by atoms with Gasteiger partial charge < -0.3 is 20.7 Å². The number of carbonyl (C=O) groups excluding carboxylic acids is 1. The maximum Gasteiger partial charge on any atom is 0.255 e. The molecule has 1 amide bonds. The van der Waals surface area contributed by atoms with E-state index in [4.69, 9.17) is 10.5 Å². The molecule has 0 saturated carbocycles. The Morgan fingerprint density at radius 1 is 1.23 bits per heavy atom. The molecule has 1 fully saturated rings. The van der Waals surface area contributed by atoms with E-state index in [2.05, 4.69) is 24.1 Å². The third kappa shape index (κ3) is 3.77. The second-order valence-corrected chi connectivity index (χ2v) is 6.95. The highest BCUT2D eigenvalue weighted by atomic mass is 16.5. The van der Waals surface area contributed by atoms with Crippen LogP contribution in [0.2, 0.25) is 0 Å². The fourth-order valence-electron chi connectivity index (χ4n) is 3.53. The third-order valence-corrected chi connectivity index (χ3v) is 5.08. The molecule has 1 atom stereocenters. The van der Waals surface area contributed by atoms with Crippen LogP contribution in [-0.2, 0) is 0 Å². The maximum atomic E-state index is 12.6. The van der Waals surface area contributed by atoms with Crippen LogP contribution in [0.15, 0.2) is 36.4 Å². The molecule has 0 radical (unpaired) electrons. The summed E-state index contributed by atoms with van der Waals surface area (Å²) >= 11 is 0. The first-order valence-electron chi connectivity index (χ1n) is 9.11. The number of methoxy groups -OCH3 is 1. The number of hydrogen-bond acceptors (Lipinski definition) is 4. The van der Waals surface area contributed by atoms with Crippen molar-refractivity contribution in [2.75, 3.05) is 29.6 Å². The Morgan fingerprint density at radius 3 is 2.62 bits per heavy atom. The fraction of sp³-hybridized carbons (Fsp3) is 0.381. The van der Waals surface area contributed by atoms with Gasteiger partial charge in [-0.2, -0.15) is 0 Å². The van der Waals surface area contributed by atoms with Gasteiger partial charge in [-0.05, 0) is 75.1 Å². The molecule has 0 bridgehead atoms. The molecule has 138 valence electrons. The molecule has 0 spiro atoms. The molecule has 3 N–H and O–H groups in total. The number of nitrogen functional groups attached to an aromatic ring is 1. The highest BCUT2D eigenvalue weighted by molar-refractivity contribution is 6.06. The van der Waals surface area contributed by atoms with E-state index in [1.54, 1.807) is 31.4 Å². The van der Waals surface area contributed by atoms with Gasteiger partial charge in [-0.25, -0.2) is 0 Å². The molecule has 3 rings (SSSR count). The van der Waals surface area contributed by atoms with Crippen LogP contribution in [0.25, 0.3) is 0 Å². The van der Waals surface area contributed by atoms with Crippen LogP contribution in [0.1, 0.15) is 42.1 Å². The minimum absolute atomic E-state index is 0.180. The van der Waals surface area contributed by atoms with Gasteiger partial charge in [-0.15, -0.1) is 0 Å². The Morgan fingerprint density at radius 2 is 1.96 bits per heavy atom. The first-order chi connectivity index (χ1) is 12.5. The number of amides is 1. The lowest BCUT2D eigenvalue weighted by atomic mass is 10.0. The summed E-state index contributed by atoms with van der Waals surface area (Å²) in [6.45, 7) is 5.37. The zero-order chi connectivity index (χ0) is 18.7. The number of benzene rings is 2. The van der Waals surface area contributed by atoms with E-state index in [1.807, 2.05) is 12.1 Å². The summed E-state index contributed by atoms with van der Waals surface area (Å²) in [5, 5.41) is 2.95. The van der Waals surface area contributed by atoms with E-state index >= 15 is 0 Å². The van der Waals surface area contributed by atoms with Gasteiger partial charge in [0, 0.05) is 23.8 Å². The summed E-state index contributed by atoms with van der Waals surface area (Å²) in [7, 11) is 1.60. The Labute approximate surface area is 155 Å². The predicted octanol–water partition coefficient (Wildman–Crippen LogP) is 4.22. The van der Waals surface area contributed by atoms with Gasteiger partial charge in [0.15, 0.2) is 0 Å². The molecule has 0 aromatic heterocycles. The normalized spacial score (nSPS) is 17.0. The highest BCUT2D eigenvalue weighted by Crippen LogP contribution is 2.33. The lowest BCUT2D eigenvalue weighted by molar-refractivity contribution is 0.102. The van der Waals surface area contributed by atoms with Gasteiger partial charge in [0.2, 0.25) is 0 Å². The zero-order valence-corrected chi connectivity index (χ0v) is 15.7. The van der Waals surface area contributed by atoms with E-state index in [9.17, 15) is 4.79 Å². The number of nitrogens with zero attached hydrogens (tertiary/aromatic N) is 1. The number of nitrogens with two attached hydrogens (primary N) is 1. The second-order valence-electron chi connectivity index (χ2n) is 6.95. The number of ether oxygens (including phenoxy) is 1. The van der Waals surface area contributed by atoms with E-state index in [0.29, 0.717) is 23.0 Å². The first kappa shape index (κ1) is 18.1. The Kier molecular flexibility index (Phi) is 5.35. The zero-order valence-electron chi connectivity index (χ0n) is 15.7. The van der Waals surface area contributed by atoms with Crippen molar-refractivity contribution in [2.45, 2.75) is 39.2 Å². The third-order valence-electron chi connectivity index (χ3n) is 5.08. The summed E-state index contributed by atoms with van der Waals surface area (Å²) in [4.78, 5) is 15.0. The molecular weight excluding hydrogens is 326 g/mol. The number of hydrogen-bond donors (Lipinski definition) is 2. The minimum atomic E-state index is -0.180. The van der Waals surface area contributed by atoms with Crippen LogP contribution in [0.3, 0.4) is 0 Å². The summed E-state index contributed by atoms with van der Waals surface area (Å²) < 4.78 is 5.14. The van der Waals surface area contributed by atoms with Crippen molar-refractivity contribution < 1.29 is 9.53 Å². The van der Waals surface area contributed by atoms with Crippen molar-refractivity contribution in [3.8, 4) is 5.75 Å². The van der Waals surface area contributed by atoms with Gasteiger partial charge in [0.1, 0.15) is 5.75 Å². The quantitative estimate of drug-likeness (QED) is 0.808. The summed E-state index contributed by atoms with van der Waals surface area (Å²) in [6, 6.07) is 11.5. The van der Waals surface area contributed by atoms with Crippen LogP contribution < -0.4 is 20.7 Å². The smallest absolute Gasteiger partial charge is 0.255 e. The fourth-order valence-corrected chi connectivity index (χ4v) is 3.53. The molecule has 2 aromatic carbocycles. The Balaban J connectivity index is 1.84. The summed E-state index contributed by atoms with van der Waals surface area (Å²) in [5.41, 5.74) is 10.3. The second kappa shape index (κ2) is 7.68. The topological polar surface area (TPSA) is 67.6 Å².